The van der Waals surface area contributed by atoms with Gasteiger partial charge in [0.05, 0.1) is 0 Å². The monoisotopic (exact) mass is 331 g/mol. The molecule has 6 heteroatoms. The van der Waals surface area contributed by atoms with Gasteiger partial charge in [0.1, 0.15) is 6.04 Å². The fourth-order valence-corrected chi connectivity index (χ4v) is 2.73. The van der Waals surface area contributed by atoms with Gasteiger partial charge < -0.3 is 15.2 Å². The number of carbonyl (C=O) groups is 2. The van der Waals surface area contributed by atoms with Gasteiger partial charge in [0.25, 0.3) is 5.91 Å². The van der Waals surface area contributed by atoms with Crippen molar-refractivity contribution in [3.8, 4) is 0 Å². The third kappa shape index (κ3) is 4.63. The lowest BCUT2D eigenvalue weighted by Gasteiger charge is -2.18. The molecule has 0 spiro atoms. The Morgan fingerprint density at radius 2 is 1.83 bits per heavy atom. The van der Waals surface area contributed by atoms with Gasteiger partial charge in [0, 0.05) is 30.7 Å². The lowest BCUT2D eigenvalue weighted by Crippen LogP contribution is -2.26. The molecule has 0 saturated carbocycles. The summed E-state index contributed by atoms with van der Waals surface area (Å²) in [6.45, 7) is 0. The topological polar surface area (TPSA) is 63.1 Å². The summed E-state index contributed by atoms with van der Waals surface area (Å²) < 4.78 is 1.92. The molecule has 0 bridgehead atoms. The Bertz CT molecular complexity index is 638. The summed E-state index contributed by atoms with van der Waals surface area (Å²) >= 11 is 1.72. The molecule has 0 aliphatic rings. The number of hydrogen-bond acceptors (Lipinski definition) is 3. The fraction of sp³-hybridized carbons (Fsp3) is 0.294. The van der Waals surface area contributed by atoms with E-state index in [1.807, 2.05) is 35.3 Å². The number of anilines is 1. The molecule has 1 aromatic heterocycles. The molecule has 122 valence electrons. The molecule has 1 aromatic carbocycles. The van der Waals surface area contributed by atoms with Crippen LogP contribution < -0.4 is 10.6 Å². The zero-order chi connectivity index (χ0) is 16.7. The highest BCUT2D eigenvalue weighted by atomic mass is 32.2. The number of nitrogens with one attached hydrogen (secondary N) is 2. The molecule has 1 unspecified atom stereocenters. The molecule has 0 radical (unpaired) electrons. The van der Waals surface area contributed by atoms with Crippen LogP contribution in [0.1, 0.15) is 22.8 Å². The summed E-state index contributed by atoms with van der Waals surface area (Å²) in [5.74, 6) is 0.710. The minimum absolute atomic E-state index is 0.0528. The average Bonchev–Trinajstić information content (AvgIpc) is 3.09. The van der Waals surface area contributed by atoms with Crippen molar-refractivity contribution in [3.63, 3.8) is 0 Å². The molecule has 5 nitrogen and oxygen atoms in total. The number of benzene rings is 1. The van der Waals surface area contributed by atoms with Crippen LogP contribution in [0, 0.1) is 0 Å². The second kappa shape index (κ2) is 8.43. The number of rotatable bonds is 7. The summed E-state index contributed by atoms with van der Waals surface area (Å²) in [5.41, 5.74) is 1.25. The summed E-state index contributed by atoms with van der Waals surface area (Å²) in [6.07, 6.45) is 6.60. The number of amides is 2. The van der Waals surface area contributed by atoms with E-state index in [2.05, 4.69) is 10.6 Å². The van der Waals surface area contributed by atoms with E-state index in [-0.39, 0.29) is 17.9 Å². The quantitative estimate of drug-likeness (QED) is 0.820. The minimum Gasteiger partial charge on any atom is -0.355 e. The molecule has 0 aliphatic heterocycles. The number of thioether (sulfide) groups is 1. The van der Waals surface area contributed by atoms with Crippen molar-refractivity contribution in [2.75, 3.05) is 24.4 Å². The van der Waals surface area contributed by atoms with Crippen LogP contribution in [0.2, 0.25) is 0 Å². The number of nitrogens with zero attached hydrogens (tertiary/aromatic N) is 1. The molecule has 0 saturated heterocycles. The second-order valence-electron chi connectivity index (χ2n) is 5.07. The second-order valence-corrected chi connectivity index (χ2v) is 6.06. The van der Waals surface area contributed by atoms with E-state index >= 15 is 0 Å². The van der Waals surface area contributed by atoms with Crippen LogP contribution in [0.5, 0.6) is 0 Å². The van der Waals surface area contributed by atoms with Crippen LogP contribution in [0.3, 0.4) is 0 Å². The highest BCUT2D eigenvalue weighted by Crippen LogP contribution is 2.18. The van der Waals surface area contributed by atoms with Crippen molar-refractivity contribution < 1.29 is 9.59 Å². The normalized spacial score (nSPS) is 11.7. The Balaban J connectivity index is 2.07. The Morgan fingerprint density at radius 3 is 2.39 bits per heavy atom. The van der Waals surface area contributed by atoms with Crippen LogP contribution in [0.15, 0.2) is 48.8 Å². The van der Waals surface area contributed by atoms with E-state index in [1.165, 1.54) is 0 Å². The Kier molecular flexibility index (Phi) is 6.29. The van der Waals surface area contributed by atoms with Crippen molar-refractivity contribution in [1.82, 2.24) is 9.88 Å². The lowest BCUT2D eigenvalue weighted by atomic mass is 10.1. The molecule has 2 amide bonds. The SMILES string of the molecule is CNC(=O)c1ccc(NC(=O)C(CCSC)n2cccc2)cc1. The van der Waals surface area contributed by atoms with Crippen LogP contribution in [-0.4, -0.2) is 35.4 Å². The van der Waals surface area contributed by atoms with Crippen molar-refractivity contribution in [2.24, 2.45) is 0 Å². The minimum atomic E-state index is -0.240. The molecule has 2 rings (SSSR count). The van der Waals surface area contributed by atoms with Crippen LogP contribution in [0.4, 0.5) is 5.69 Å². The first kappa shape index (κ1) is 17.1. The first-order valence-electron chi connectivity index (χ1n) is 7.40. The third-order valence-corrected chi connectivity index (χ3v) is 4.17. The van der Waals surface area contributed by atoms with Crippen molar-refractivity contribution in [1.29, 1.82) is 0 Å². The van der Waals surface area contributed by atoms with Gasteiger partial charge in [-0.15, -0.1) is 0 Å². The summed E-state index contributed by atoms with van der Waals surface area (Å²) in [4.78, 5) is 24.1. The Hall–Kier alpha value is -2.21. The molecular formula is C17H21N3O2S. The Morgan fingerprint density at radius 1 is 1.17 bits per heavy atom. The average molecular weight is 331 g/mol. The third-order valence-electron chi connectivity index (χ3n) is 3.53. The molecule has 0 fully saturated rings. The zero-order valence-corrected chi connectivity index (χ0v) is 14.1. The maximum atomic E-state index is 12.6. The number of carbonyl (C=O) groups excluding carboxylic acids is 2. The maximum absolute atomic E-state index is 12.6. The van der Waals surface area contributed by atoms with Gasteiger partial charge in [-0.05, 0) is 54.8 Å². The van der Waals surface area contributed by atoms with Gasteiger partial charge in [-0.3, -0.25) is 9.59 Å². The highest BCUT2D eigenvalue weighted by Gasteiger charge is 2.19. The van der Waals surface area contributed by atoms with Crippen molar-refractivity contribution >= 4 is 29.3 Å². The number of aromatic nitrogens is 1. The van der Waals surface area contributed by atoms with E-state index in [0.29, 0.717) is 11.3 Å². The molecule has 0 aliphatic carbocycles. The van der Waals surface area contributed by atoms with E-state index in [1.54, 1.807) is 43.1 Å². The van der Waals surface area contributed by atoms with Gasteiger partial charge >= 0.3 is 0 Å². The predicted octanol–water partition coefficient (Wildman–Crippen LogP) is 2.78. The van der Waals surface area contributed by atoms with E-state index < -0.39 is 0 Å². The smallest absolute Gasteiger partial charge is 0.251 e. The molecule has 1 atom stereocenters. The summed E-state index contributed by atoms with van der Waals surface area (Å²) in [7, 11) is 1.59. The van der Waals surface area contributed by atoms with E-state index in [9.17, 15) is 9.59 Å². The molecule has 2 aromatic rings. The van der Waals surface area contributed by atoms with Crippen molar-refractivity contribution in [3.05, 3.63) is 54.4 Å². The van der Waals surface area contributed by atoms with E-state index in [0.717, 1.165) is 12.2 Å². The highest BCUT2D eigenvalue weighted by molar-refractivity contribution is 7.98. The standard InChI is InChI=1S/C17H21N3O2S/c1-18-16(21)13-5-7-14(8-6-13)19-17(22)15(9-12-23-2)20-10-3-4-11-20/h3-8,10-11,15H,9,12H2,1-2H3,(H,18,21)(H,19,22). The molecule has 1 heterocycles. The Labute approximate surface area is 140 Å². The van der Waals surface area contributed by atoms with Crippen LogP contribution >= 0.6 is 11.8 Å². The predicted molar refractivity (Wildman–Crippen MR) is 94.9 cm³/mol. The van der Waals surface area contributed by atoms with Gasteiger partial charge in [-0.25, -0.2) is 0 Å². The number of hydrogen-bond donors (Lipinski definition) is 2. The zero-order valence-electron chi connectivity index (χ0n) is 13.3. The van der Waals surface area contributed by atoms with Gasteiger partial charge in [-0.2, -0.15) is 11.8 Å². The van der Waals surface area contributed by atoms with Crippen LogP contribution in [-0.2, 0) is 4.79 Å². The lowest BCUT2D eigenvalue weighted by molar-refractivity contribution is -0.119. The van der Waals surface area contributed by atoms with Gasteiger partial charge in [0.15, 0.2) is 0 Å². The van der Waals surface area contributed by atoms with Crippen LogP contribution in [0.25, 0.3) is 0 Å². The molecular weight excluding hydrogens is 310 g/mol. The summed E-state index contributed by atoms with van der Waals surface area (Å²) in [5, 5.41) is 5.49. The maximum Gasteiger partial charge on any atom is 0.251 e. The first-order valence-corrected chi connectivity index (χ1v) is 8.79. The van der Waals surface area contributed by atoms with Gasteiger partial charge in [-0.1, -0.05) is 0 Å². The van der Waals surface area contributed by atoms with Crippen molar-refractivity contribution in [2.45, 2.75) is 12.5 Å². The molecule has 23 heavy (non-hydrogen) atoms. The summed E-state index contributed by atoms with van der Waals surface area (Å²) in [6, 6.07) is 10.5. The van der Waals surface area contributed by atoms with E-state index in [4.69, 9.17) is 0 Å². The first-order chi connectivity index (χ1) is 11.2. The fourth-order valence-electron chi connectivity index (χ4n) is 2.28. The molecule has 2 N–H and O–H groups in total. The van der Waals surface area contributed by atoms with Gasteiger partial charge in [0.2, 0.25) is 5.91 Å². The largest absolute Gasteiger partial charge is 0.355 e.